The molecule has 1 atom stereocenters. The van der Waals surface area contributed by atoms with Gasteiger partial charge in [-0.2, -0.15) is 0 Å². The van der Waals surface area contributed by atoms with Crippen LogP contribution in [-0.4, -0.2) is 36.5 Å². The number of anilines is 2. The number of nitrogens with zero attached hydrogens (tertiary/aromatic N) is 1. The Morgan fingerprint density at radius 1 is 1.03 bits per heavy atom. The van der Waals surface area contributed by atoms with Gasteiger partial charge >= 0.3 is 6.03 Å². The van der Waals surface area contributed by atoms with E-state index >= 15 is 0 Å². The first-order chi connectivity index (χ1) is 14.1. The van der Waals surface area contributed by atoms with Crippen LogP contribution in [0.1, 0.15) is 43.4 Å². The molecule has 154 valence electrons. The molecule has 29 heavy (non-hydrogen) atoms. The van der Waals surface area contributed by atoms with Gasteiger partial charge < -0.3 is 16.0 Å². The molecule has 1 unspecified atom stereocenters. The van der Waals surface area contributed by atoms with Crippen LogP contribution in [0.4, 0.5) is 16.2 Å². The van der Waals surface area contributed by atoms with Crippen molar-refractivity contribution in [1.29, 1.82) is 0 Å². The Hall–Kier alpha value is -2.86. The summed E-state index contributed by atoms with van der Waals surface area (Å²) in [5.41, 5.74) is 3.52. The minimum Gasteiger partial charge on any atom is -0.336 e. The largest absolute Gasteiger partial charge is 0.336 e. The van der Waals surface area contributed by atoms with Crippen molar-refractivity contribution in [2.45, 2.75) is 39.2 Å². The zero-order chi connectivity index (χ0) is 20.6. The third-order valence-corrected chi connectivity index (χ3v) is 5.31. The molecule has 0 radical (unpaired) electrons. The maximum Gasteiger partial charge on any atom is 0.319 e. The van der Waals surface area contributed by atoms with Crippen molar-refractivity contribution in [3.63, 3.8) is 0 Å². The molecule has 1 aliphatic rings. The Bertz CT molecular complexity index is 832. The lowest BCUT2D eigenvalue weighted by molar-refractivity contribution is -0.115. The molecular formula is C23H30N4O2. The Morgan fingerprint density at radius 3 is 2.45 bits per heavy atom. The molecule has 3 N–H and O–H groups in total. The van der Waals surface area contributed by atoms with Crippen LogP contribution in [0.3, 0.4) is 0 Å². The Balaban J connectivity index is 1.63. The van der Waals surface area contributed by atoms with Crippen molar-refractivity contribution in [2.24, 2.45) is 0 Å². The number of amides is 3. The van der Waals surface area contributed by atoms with Gasteiger partial charge in [0.1, 0.15) is 0 Å². The van der Waals surface area contributed by atoms with Gasteiger partial charge in [0, 0.05) is 24.3 Å². The van der Waals surface area contributed by atoms with Gasteiger partial charge in [-0.05, 0) is 56.1 Å². The lowest BCUT2D eigenvalue weighted by Crippen LogP contribution is -2.38. The highest BCUT2D eigenvalue weighted by molar-refractivity contribution is 5.94. The van der Waals surface area contributed by atoms with E-state index in [-0.39, 0.29) is 18.0 Å². The highest BCUT2D eigenvalue weighted by atomic mass is 16.2. The lowest BCUT2D eigenvalue weighted by Gasteiger charge is -2.28. The van der Waals surface area contributed by atoms with Gasteiger partial charge in [-0.25, -0.2) is 4.79 Å². The second-order valence-corrected chi connectivity index (χ2v) is 7.44. The van der Waals surface area contributed by atoms with Gasteiger partial charge in [-0.1, -0.05) is 43.3 Å². The van der Waals surface area contributed by atoms with Crippen LogP contribution in [0.15, 0.2) is 48.5 Å². The van der Waals surface area contributed by atoms with E-state index in [1.807, 2.05) is 37.3 Å². The zero-order valence-corrected chi connectivity index (χ0v) is 17.2. The molecular weight excluding hydrogens is 364 g/mol. The van der Waals surface area contributed by atoms with Crippen LogP contribution in [0.2, 0.25) is 0 Å². The number of likely N-dealkylation sites (tertiary alicyclic amines) is 1. The number of urea groups is 1. The van der Waals surface area contributed by atoms with E-state index in [9.17, 15) is 9.59 Å². The average Bonchev–Trinajstić information content (AvgIpc) is 3.26. The van der Waals surface area contributed by atoms with Gasteiger partial charge in [0.2, 0.25) is 5.91 Å². The second kappa shape index (κ2) is 10.1. The van der Waals surface area contributed by atoms with Crippen molar-refractivity contribution in [3.05, 3.63) is 59.7 Å². The molecule has 0 bridgehead atoms. The third kappa shape index (κ3) is 5.81. The fourth-order valence-corrected chi connectivity index (χ4v) is 3.63. The molecule has 1 heterocycles. The van der Waals surface area contributed by atoms with Crippen molar-refractivity contribution < 1.29 is 9.59 Å². The van der Waals surface area contributed by atoms with Crippen LogP contribution in [0, 0.1) is 6.92 Å². The molecule has 0 aliphatic carbocycles. The van der Waals surface area contributed by atoms with Crippen molar-refractivity contribution in [2.75, 3.05) is 30.3 Å². The van der Waals surface area contributed by atoms with Crippen LogP contribution in [-0.2, 0) is 4.79 Å². The van der Waals surface area contributed by atoms with Crippen molar-refractivity contribution in [1.82, 2.24) is 10.2 Å². The summed E-state index contributed by atoms with van der Waals surface area (Å²) >= 11 is 0. The van der Waals surface area contributed by atoms with E-state index < -0.39 is 0 Å². The molecule has 1 aliphatic heterocycles. The maximum atomic E-state index is 12.6. The topological polar surface area (TPSA) is 73.5 Å². The lowest BCUT2D eigenvalue weighted by atomic mass is 10.1. The Labute approximate surface area is 172 Å². The molecule has 0 spiro atoms. The van der Waals surface area contributed by atoms with Gasteiger partial charge in [-0.3, -0.25) is 9.69 Å². The minimum absolute atomic E-state index is 0.0550. The minimum atomic E-state index is -0.243. The summed E-state index contributed by atoms with van der Waals surface area (Å²) in [7, 11) is 0. The van der Waals surface area contributed by atoms with Crippen LogP contribution in [0.5, 0.6) is 0 Å². The van der Waals surface area contributed by atoms with Crippen LogP contribution < -0.4 is 16.0 Å². The molecule has 1 saturated heterocycles. The predicted octanol–water partition coefficient (Wildman–Crippen LogP) is 4.30. The molecule has 3 amide bonds. The van der Waals surface area contributed by atoms with E-state index in [1.165, 1.54) is 18.4 Å². The van der Waals surface area contributed by atoms with E-state index in [0.29, 0.717) is 24.3 Å². The predicted molar refractivity (Wildman–Crippen MR) is 117 cm³/mol. The van der Waals surface area contributed by atoms with E-state index in [4.69, 9.17) is 0 Å². The maximum absolute atomic E-state index is 12.6. The number of benzene rings is 2. The first-order valence-corrected chi connectivity index (χ1v) is 10.3. The fraction of sp³-hybridized carbons (Fsp3) is 0.391. The number of hydrogen-bond acceptors (Lipinski definition) is 3. The van der Waals surface area contributed by atoms with Crippen LogP contribution in [0.25, 0.3) is 0 Å². The van der Waals surface area contributed by atoms with Gasteiger partial charge in [0.25, 0.3) is 0 Å². The first kappa shape index (κ1) is 20.9. The average molecular weight is 395 g/mol. The molecule has 2 aromatic carbocycles. The standard InChI is InChI=1S/C23H30N4O2/c1-3-22(28)25-19-12-11-17(2)20(15-19)26-23(29)24-16-21(27-13-7-8-14-27)18-9-5-4-6-10-18/h4-6,9-12,15,21H,3,7-8,13-14,16H2,1-2H3,(H,25,28)(H2,24,26,29). The molecule has 0 aromatic heterocycles. The summed E-state index contributed by atoms with van der Waals surface area (Å²) in [4.78, 5) is 26.6. The molecule has 1 fully saturated rings. The number of carbonyl (C=O) groups excluding carboxylic acids is 2. The summed E-state index contributed by atoms with van der Waals surface area (Å²) in [5, 5.41) is 8.77. The monoisotopic (exact) mass is 394 g/mol. The number of nitrogens with one attached hydrogen (secondary N) is 3. The molecule has 6 nitrogen and oxygen atoms in total. The Kier molecular flexibility index (Phi) is 7.25. The van der Waals surface area contributed by atoms with E-state index in [1.54, 1.807) is 13.0 Å². The zero-order valence-electron chi connectivity index (χ0n) is 17.2. The second-order valence-electron chi connectivity index (χ2n) is 7.44. The summed E-state index contributed by atoms with van der Waals surface area (Å²) in [6.45, 7) is 6.39. The van der Waals surface area contributed by atoms with Gasteiger partial charge in [-0.15, -0.1) is 0 Å². The molecule has 0 saturated carbocycles. The summed E-state index contributed by atoms with van der Waals surface area (Å²) < 4.78 is 0. The van der Waals surface area contributed by atoms with Crippen LogP contribution >= 0.6 is 0 Å². The third-order valence-electron chi connectivity index (χ3n) is 5.31. The quantitative estimate of drug-likeness (QED) is 0.655. The molecule has 2 aromatic rings. The fourth-order valence-electron chi connectivity index (χ4n) is 3.63. The number of carbonyl (C=O) groups is 2. The first-order valence-electron chi connectivity index (χ1n) is 10.3. The summed E-state index contributed by atoms with van der Waals surface area (Å²) in [6.07, 6.45) is 2.81. The van der Waals surface area contributed by atoms with Gasteiger partial charge in [0.05, 0.1) is 6.04 Å². The Morgan fingerprint density at radius 2 is 1.76 bits per heavy atom. The van der Waals surface area contributed by atoms with E-state index in [0.717, 1.165) is 18.7 Å². The number of rotatable bonds is 7. The number of hydrogen-bond donors (Lipinski definition) is 3. The SMILES string of the molecule is CCC(=O)Nc1ccc(C)c(NC(=O)NCC(c2ccccc2)N2CCCC2)c1. The highest BCUT2D eigenvalue weighted by Gasteiger charge is 2.23. The van der Waals surface area contributed by atoms with Crippen molar-refractivity contribution >= 4 is 23.3 Å². The number of aryl methyl sites for hydroxylation is 1. The summed E-state index contributed by atoms with van der Waals surface area (Å²) in [6, 6.07) is 15.8. The summed E-state index contributed by atoms with van der Waals surface area (Å²) in [5.74, 6) is -0.0550. The highest BCUT2D eigenvalue weighted by Crippen LogP contribution is 2.25. The van der Waals surface area contributed by atoms with Gasteiger partial charge in [0.15, 0.2) is 0 Å². The molecule has 3 rings (SSSR count). The molecule has 6 heteroatoms. The van der Waals surface area contributed by atoms with Crippen molar-refractivity contribution in [3.8, 4) is 0 Å². The normalized spacial score (nSPS) is 15.0. The van der Waals surface area contributed by atoms with E-state index in [2.05, 4.69) is 33.0 Å². The smallest absolute Gasteiger partial charge is 0.319 e.